The van der Waals surface area contributed by atoms with Crippen molar-refractivity contribution in [2.75, 3.05) is 12.4 Å². The van der Waals surface area contributed by atoms with Gasteiger partial charge < -0.3 is 14.6 Å². The second kappa shape index (κ2) is 16.6. The Hall–Kier alpha value is -5.67. The van der Waals surface area contributed by atoms with Crippen molar-refractivity contribution < 1.29 is 19.1 Å². The van der Waals surface area contributed by atoms with E-state index in [2.05, 4.69) is 21.5 Å². The molecule has 0 atom stereocenters. The Kier molecular flexibility index (Phi) is 11.9. The van der Waals surface area contributed by atoms with Gasteiger partial charge in [-0.05, 0) is 86.9 Å². The number of benzene rings is 3. The van der Waals surface area contributed by atoms with Crippen molar-refractivity contribution in [1.29, 1.82) is 0 Å². The van der Waals surface area contributed by atoms with Gasteiger partial charge in [-0.25, -0.2) is 0 Å². The van der Waals surface area contributed by atoms with Crippen LogP contribution in [0, 0.1) is 13.8 Å². The highest BCUT2D eigenvalue weighted by atomic mass is 32.2. The van der Waals surface area contributed by atoms with Gasteiger partial charge in [0.1, 0.15) is 11.3 Å². The number of hydrogen-bond donors (Lipinski definition) is 1. The number of carbonyl (C=O) groups is 3. The molecule has 1 aliphatic heterocycles. The molecule has 0 aliphatic carbocycles. The summed E-state index contributed by atoms with van der Waals surface area (Å²) in [6, 6.07) is 28.7. The molecule has 2 heterocycles. The van der Waals surface area contributed by atoms with Gasteiger partial charge >= 0.3 is 0 Å². The summed E-state index contributed by atoms with van der Waals surface area (Å²) in [5.74, 6) is -0.777. The average molecular weight is 685 g/mol. The number of carbonyl (C=O) groups excluding carboxylic acids is 3. The molecule has 8 nitrogen and oxygen atoms in total. The number of amidine groups is 1. The molecule has 3 amide bonds. The van der Waals surface area contributed by atoms with Crippen LogP contribution in [0.1, 0.15) is 48.0 Å². The number of hydrogen-bond acceptors (Lipinski definition) is 5. The van der Waals surface area contributed by atoms with E-state index in [0.717, 1.165) is 51.3 Å². The number of allylic oxidation sites excluding steroid dienone is 4. The third kappa shape index (κ3) is 8.13. The minimum absolute atomic E-state index is 0.0729. The number of thioether (sulfide) groups is 1. The average Bonchev–Trinajstić information content (AvgIpc) is 3.41. The van der Waals surface area contributed by atoms with Crippen molar-refractivity contribution in [2.24, 2.45) is 4.99 Å². The first-order chi connectivity index (χ1) is 24.2. The smallest absolute Gasteiger partial charge is 0.285 e. The Balaban J connectivity index is 1.44. The second-order valence-corrected chi connectivity index (χ2v) is 12.3. The maximum atomic E-state index is 14.2. The molecular formula is C41H40N4O4S. The third-order valence-electron chi connectivity index (χ3n) is 8.09. The van der Waals surface area contributed by atoms with Crippen LogP contribution in [0.15, 0.2) is 138 Å². The van der Waals surface area contributed by atoms with Gasteiger partial charge in [-0.15, -0.1) is 0 Å². The SMILES string of the molecule is C=C/C=C\C(=C/C)N1C(=O)/C(=C/c2cc(C)n(-c3ccc(OCC)cc3)c2C)C(=O)N=C1SCC(=O)NC(c1ccccc1)c1ccccc1. The Morgan fingerprint density at radius 3 is 2.20 bits per heavy atom. The number of ether oxygens (including phenoxy) is 1. The van der Waals surface area contributed by atoms with Crippen LogP contribution in [-0.2, 0) is 14.4 Å². The maximum absolute atomic E-state index is 14.2. The van der Waals surface area contributed by atoms with Crippen LogP contribution in [0.5, 0.6) is 5.75 Å². The quantitative estimate of drug-likeness (QED) is 0.0931. The van der Waals surface area contributed by atoms with Crippen LogP contribution in [0.25, 0.3) is 11.8 Å². The summed E-state index contributed by atoms with van der Waals surface area (Å²) in [6.07, 6.45) is 8.36. The minimum atomic E-state index is -0.672. The first-order valence-corrected chi connectivity index (χ1v) is 17.3. The van der Waals surface area contributed by atoms with Gasteiger partial charge in [-0.3, -0.25) is 19.3 Å². The van der Waals surface area contributed by atoms with Crippen molar-refractivity contribution in [3.8, 4) is 11.4 Å². The molecule has 5 rings (SSSR count). The van der Waals surface area contributed by atoms with Gasteiger partial charge in [0, 0.05) is 22.8 Å². The molecule has 0 radical (unpaired) electrons. The Bertz CT molecular complexity index is 1950. The van der Waals surface area contributed by atoms with E-state index in [-0.39, 0.29) is 28.4 Å². The third-order valence-corrected chi connectivity index (χ3v) is 9.03. The first kappa shape index (κ1) is 35.6. The number of nitrogens with one attached hydrogen (secondary N) is 1. The fraction of sp³-hybridized carbons (Fsp3) is 0.171. The van der Waals surface area contributed by atoms with Crippen LogP contribution in [0.2, 0.25) is 0 Å². The Morgan fingerprint density at radius 2 is 1.62 bits per heavy atom. The fourth-order valence-electron chi connectivity index (χ4n) is 5.74. The number of nitrogens with zero attached hydrogens (tertiary/aromatic N) is 3. The predicted octanol–water partition coefficient (Wildman–Crippen LogP) is 7.89. The van der Waals surface area contributed by atoms with E-state index in [1.165, 1.54) is 4.90 Å². The summed E-state index contributed by atoms with van der Waals surface area (Å²) in [5, 5.41) is 3.23. The van der Waals surface area contributed by atoms with Crippen molar-refractivity contribution in [3.05, 3.63) is 161 Å². The van der Waals surface area contributed by atoms with Gasteiger partial charge in [-0.2, -0.15) is 4.99 Å². The molecule has 0 unspecified atom stereocenters. The molecule has 1 aliphatic rings. The van der Waals surface area contributed by atoms with Gasteiger partial charge in [-0.1, -0.05) is 97.2 Å². The van der Waals surface area contributed by atoms with E-state index in [9.17, 15) is 14.4 Å². The van der Waals surface area contributed by atoms with Gasteiger partial charge in [0.05, 0.1) is 18.4 Å². The topological polar surface area (TPSA) is 93.0 Å². The zero-order chi connectivity index (χ0) is 35.6. The zero-order valence-electron chi connectivity index (χ0n) is 28.6. The molecule has 0 spiro atoms. The summed E-state index contributed by atoms with van der Waals surface area (Å²) >= 11 is 1.03. The summed E-state index contributed by atoms with van der Waals surface area (Å²) < 4.78 is 7.65. The van der Waals surface area contributed by atoms with E-state index < -0.39 is 11.8 Å². The molecule has 0 fully saturated rings. The van der Waals surface area contributed by atoms with E-state index >= 15 is 0 Å². The van der Waals surface area contributed by atoms with Crippen molar-refractivity contribution >= 4 is 40.7 Å². The summed E-state index contributed by atoms with van der Waals surface area (Å²) in [7, 11) is 0. The first-order valence-electron chi connectivity index (χ1n) is 16.3. The van der Waals surface area contributed by atoms with Crippen LogP contribution < -0.4 is 10.1 Å². The minimum Gasteiger partial charge on any atom is -0.494 e. The van der Waals surface area contributed by atoms with Crippen molar-refractivity contribution in [3.63, 3.8) is 0 Å². The highest BCUT2D eigenvalue weighted by Crippen LogP contribution is 2.29. The lowest BCUT2D eigenvalue weighted by atomic mass is 9.99. The molecule has 50 heavy (non-hydrogen) atoms. The van der Waals surface area contributed by atoms with E-state index in [4.69, 9.17) is 4.74 Å². The monoisotopic (exact) mass is 684 g/mol. The second-order valence-electron chi connectivity index (χ2n) is 11.4. The molecular weight excluding hydrogens is 645 g/mol. The molecule has 0 saturated carbocycles. The standard InChI is InChI=1S/C41H40N4O4S/c1-6-9-20-33(7-2)45-40(48)36(26-32-25-28(4)44(29(32)5)34-21-23-35(24-22-34)49-8-3)39(47)43-41(45)50-27-37(46)42-38(30-16-12-10-13-17-30)31-18-14-11-15-19-31/h6-7,9-26,38H,1,8,27H2,2-5H3,(H,42,46)/b20-9-,33-7+,36-26+. The van der Waals surface area contributed by atoms with Gasteiger partial charge in [0.25, 0.3) is 11.8 Å². The lowest BCUT2D eigenvalue weighted by molar-refractivity contribution is -0.126. The van der Waals surface area contributed by atoms with Crippen LogP contribution >= 0.6 is 11.8 Å². The summed E-state index contributed by atoms with van der Waals surface area (Å²) in [4.78, 5) is 46.9. The van der Waals surface area contributed by atoms with E-state index in [1.807, 2.05) is 112 Å². The molecule has 1 N–H and O–H groups in total. The molecule has 9 heteroatoms. The molecule has 0 saturated heterocycles. The lowest BCUT2D eigenvalue weighted by Crippen LogP contribution is -2.42. The lowest BCUT2D eigenvalue weighted by Gasteiger charge is -2.28. The van der Waals surface area contributed by atoms with Crippen LogP contribution in [0.3, 0.4) is 0 Å². The van der Waals surface area contributed by atoms with Gasteiger partial charge in [0.15, 0.2) is 5.17 Å². The molecule has 1 aromatic heterocycles. The summed E-state index contributed by atoms with van der Waals surface area (Å²) in [5.41, 5.74) is 5.72. The van der Waals surface area contributed by atoms with Crippen LogP contribution in [-0.4, -0.2) is 44.7 Å². The number of aliphatic imine (C=N–C) groups is 1. The normalized spacial score (nSPS) is 14.4. The Labute approximate surface area is 297 Å². The van der Waals surface area contributed by atoms with E-state index in [1.54, 1.807) is 37.3 Å². The van der Waals surface area contributed by atoms with Crippen LogP contribution in [0.4, 0.5) is 0 Å². The molecule has 4 aromatic rings. The van der Waals surface area contributed by atoms with Crippen molar-refractivity contribution in [2.45, 2.75) is 33.7 Å². The Morgan fingerprint density at radius 1 is 0.980 bits per heavy atom. The van der Waals surface area contributed by atoms with Crippen molar-refractivity contribution in [1.82, 2.24) is 14.8 Å². The molecule has 3 aromatic carbocycles. The van der Waals surface area contributed by atoms with Gasteiger partial charge in [0.2, 0.25) is 5.91 Å². The van der Waals surface area contributed by atoms with E-state index in [0.29, 0.717) is 12.3 Å². The largest absolute Gasteiger partial charge is 0.494 e. The number of aryl methyl sites for hydroxylation is 1. The zero-order valence-corrected chi connectivity index (χ0v) is 29.4. The highest BCUT2D eigenvalue weighted by Gasteiger charge is 2.35. The number of rotatable bonds is 12. The highest BCUT2D eigenvalue weighted by molar-refractivity contribution is 8.14. The number of aromatic nitrogens is 1. The fourth-order valence-corrected chi connectivity index (χ4v) is 6.55. The predicted molar refractivity (Wildman–Crippen MR) is 202 cm³/mol. The molecule has 254 valence electrons. The number of amides is 3. The molecule has 0 bridgehead atoms. The maximum Gasteiger partial charge on any atom is 0.285 e. The summed E-state index contributed by atoms with van der Waals surface area (Å²) in [6.45, 7) is 12.0.